The first-order valence-corrected chi connectivity index (χ1v) is 9.75. The summed E-state index contributed by atoms with van der Waals surface area (Å²) in [5.41, 5.74) is 1.01. The number of nitrogens with zero attached hydrogens (tertiary/aromatic N) is 4. The molecule has 0 spiro atoms. The molecule has 2 N–H and O–H groups in total. The maximum absolute atomic E-state index is 13.0. The number of aromatic nitrogens is 3. The van der Waals surface area contributed by atoms with Crippen molar-refractivity contribution in [1.29, 1.82) is 0 Å². The van der Waals surface area contributed by atoms with Crippen molar-refractivity contribution in [3.05, 3.63) is 48.5 Å². The van der Waals surface area contributed by atoms with Crippen molar-refractivity contribution in [3.63, 3.8) is 0 Å². The van der Waals surface area contributed by atoms with E-state index < -0.39 is 6.04 Å². The summed E-state index contributed by atoms with van der Waals surface area (Å²) in [5, 5.41) is 9.88. The van der Waals surface area contributed by atoms with E-state index in [0.717, 1.165) is 18.4 Å². The normalized spacial score (nSPS) is 16.0. The SMILES string of the molecule is CC(C)C(NC(=O)NCc1ccccc1)C(=O)N1CCC(n2cncn2)CC1. The van der Waals surface area contributed by atoms with E-state index in [-0.39, 0.29) is 23.9 Å². The first-order chi connectivity index (χ1) is 13.5. The highest BCUT2D eigenvalue weighted by Crippen LogP contribution is 2.22. The molecule has 3 rings (SSSR count). The Morgan fingerprint density at radius 3 is 2.50 bits per heavy atom. The fraction of sp³-hybridized carbons (Fsp3) is 0.500. The lowest BCUT2D eigenvalue weighted by molar-refractivity contribution is -0.135. The van der Waals surface area contributed by atoms with Crippen LogP contribution in [0.2, 0.25) is 0 Å². The molecular formula is C20H28N6O2. The van der Waals surface area contributed by atoms with Crippen LogP contribution in [0.25, 0.3) is 0 Å². The van der Waals surface area contributed by atoms with Crippen LogP contribution in [0.4, 0.5) is 4.79 Å². The summed E-state index contributed by atoms with van der Waals surface area (Å²) in [6.45, 7) is 5.62. The molecule has 0 aliphatic carbocycles. The van der Waals surface area contributed by atoms with Gasteiger partial charge in [-0.25, -0.2) is 14.5 Å². The van der Waals surface area contributed by atoms with Gasteiger partial charge in [0.25, 0.3) is 0 Å². The summed E-state index contributed by atoms with van der Waals surface area (Å²) in [6, 6.07) is 9.09. The summed E-state index contributed by atoms with van der Waals surface area (Å²) < 4.78 is 1.86. The number of amides is 3. The molecule has 1 aliphatic rings. The van der Waals surface area contributed by atoms with Gasteiger partial charge in [0.2, 0.25) is 5.91 Å². The van der Waals surface area contributed by atoms with Gasteiger partial charge in [0, 0.05) is 19.6 Å². The lowest BCUT2D eigenvalue weighted by Crippen LogP contribution is -2.54. The molecule has 1 atom stereocenters. The van der Waals surface area contributed by atoms with Crippen LogP contribution in [0.1, 0.15) is 38.3 Å². The van der Waals surface area contributed by atoms with Crippen LogP contribution in [0.3, 0.4) is 0 Å². The van der Waals surface area contributed by atoms with Gasteiger partial charge < -0.3 is 15.5 Å². The zero-order chi connectivity index (χ0) is 19.9. The molecule has 3 amide bonds. The predicted octanol–water partition coefficient (Wildman–Crippen LogP) is 1.97. The van der Waals surface area contributed by atoms with Gasteiger partial charge in [0.05, 0.1) is 6.04 Å². The fourth-order valence-corrected chi connectivity index (χ4v) is 3.44. The first-order valence-electron chi connectivity index (χ1n) is 9.75. The number of hydrogen-bond donors (Lipinski definition) is 2. The maximum atomic E-state index is 13.0. The minimum atomic E-state index is -0.543. The minimum Gasteiger partial charge on any atom is -0.341 e. The van der Waals surface area contributed by atoms with Crippen LogP contribution in [0.15, 0.2) is 43.0 Å². The molecule has 1 aliphatic heterocycles. The van der Waals surface area contributed by atoms with Crippen LogP contribution >= 0.6 is 0 Å². The molecule has 8 heteroatoms. The van der Waals surface area contributed by atoms with Crippen molar-refractivity contribution >= 4 is 11.9 Å². The predicted molar refractivity (Wildman–Crippen MR) is 105 cm³/mol. The Balaban J connectivity index is 1.51. The van der Waals surface area contributed by atoms with Gasteiger partial charge in [-0.15, -0.1) is 0 Å². The third-order valence-corrected chi connectivity index (χ3v) is 5.10. The molecule has 150 valence electrons. The number of carbonyl (C=O) groups is 2. The number of piperidine rings is 1. The van der Waals surface area contributed by atoms with Crippen molar-refractivity contribution in [3.8, 4) is 0 Å². The van der Waals surface area contributed by atoms with Crippen LogP contribution in [-0.4, -0.2) is 50.7 Å². The largest absolute Gasteiger partial charge is 0.341 e. The van der Waals surface area contributed by atoms with E-state index in [1.165, 1.54) is 6.33 Å². The Hall–Kier alpha value is -2.90. The molecular weight excluding hydrogens is 356 g/mol. The third-order valence-electron chi connectivity index (χ3n) is 5.10. The van der Waals surface area contributed by atoms with E-state index >= 15 is 0 Å². The van der Waals surface area contributed by atoms with Crippen LogP contribution in [0, 0.1) is 5.92 Å². The maximum Gasteiger partial charge on any atom is 0.315 e. The number of rotatable bonds is 6. The molecule has 1 saturated heterocycles. The Kier molecular flexibility index (Phi) is 6.62. The second-order valence-corrected chi connectivity index (χ2v) is 7.47. The van der Waals surface area contributed by atoms with Gasteiger partial charge in [0.15, 0.2) is 0 Å². The van der Waals surface area contributed by atoms with E-state index in [0.29, 0.717) is 19.6 Å². The van der Waals surface area contributed by atoms with E-state index in [4.69, 9.17) is 0 Å². The Bertz CT molecular complexity index is 754. The fourth-order valence-electron chi connectivity index (χ4n) is 3.44. The monoisotopic (exact) mass is 384 g/mol. The highest BCUT2D eigenvalue weighted by Gasteiger charge is 2.31. The number of hydrogen-bond acceptors (Lipinski definition) is 4. The van der Waals surface area contributed by atoms with Gasteiger partial charge in [-0.05, 0) is 24.3 Å². The summed E-state index contributed by atoms with van der Waals surface area (Å²) in [7, 11) is 0. The second-order valence-electron chi connectivity index (χ2n) is 7.47. The summed E-state index contributed by atoms with van der Waals surface area (Å²) in [6.07, 6.45) is 4.92. The van der Waals surface area contributed by atoms with Crippen molar-refractivity contribution in [2.75, 3.05) is 13.1 Å². The van der Waals surface area contributed by atoms with E-state index in [1.54, 1.807) is 6.33 Å². The molecule has 0 bridgehead atoms. The number of benzene rings is 1. The topological polar surface area (TPSA) is 92.2 Å². The number of urea groups is 1. The van der Waals surface area contributed by atoms with Crippen molar-refractivity contribution in [1.82, 2.24) is 30.3 Å². The quantitative estimate of drug-likeness (QED) is 0.796. The smallest absolute Gasteiger partial charge is 0.315 e. The van der Waals surface area contributed by atoms with Crippen LogP contribution in [-0.2, 0) is 11.3 Å². The van der Waals surface area contributed by atoms with Gasteiger partial charge in [-0.1, -0.05) is 44.2 Å². The molecule has 1 aromatic carbocycles. The van der Waals surface area contributed by atoms with Crippen molar-refractivity contribution in [2.45, 2.75) is 45.3 Å². The van der Waals surface area contributed by atoms with E-state index in [9.17, 15) is 9.59 Å². The number of likely N-dealkylation sites (tertiary alicyclic amines) is 1. The van der Waals surface area contributed by atoms with Gasteiger partial charge in [-0.2, -0.15) is 5.10 Å². The lowest BCUT2D eigenvalue weighted by Gasteiger charge is -2.35. The van der Waals surface area contributed by atoms with Crippen molar-refractivity contribution < 1.29 is 9.59 Å². The Morgan fingerprint density at radius 1 is 1.18 bits per heavy atom. The molecule has 0 saturated carbocycles. The summed E-state index contributed by atoms with van der Waals surface area (Å²) >= 11 is 0. The molecule has 1 fully saturated rings. The lowest BCUT2D eigenvalue weighted by atomic mass is 9.99. The molecule has 28 heavy (non-hydrogen) atoms. The minimum absolute atomic E-state index is 0.00279. The standard InChI is InChI=1S/C20H28N6O2/c1-15(2)18(24-20(28)22-12-16-6-4-3-5-7-16)19(27)25-10-8-17(9-11-25)26-14-21-13-23-26/h3-7,13-15,17-18H,8-12H2,1-2H3,(H2,22,24,28). The molecule has 2 aromatic rings. The molecule has 8 nitrogen and oxygen atoms in total. The average Bonchev–Trinajstić information content (AvgIpc) is 3.25. The summed E-state index contributed by atoms with van der Waals surface area (Å²) in [5.74, 6) is -0.0232. The molecule has 0 radical (unpaired) electrons. The Morgan fingerprint density at radius 2 is 1.89 bits per heavy atom. The zero-order valence-electron chi connectivity index (χ0n) is 16.4. The van der Waals surface area contributed by atoms with E-state index in [2.05, 4.69) is 20.7 Å². The number of carbonyl (C=O) groups excluding carboxylic acids is 2. The van der Waals surface area contributed by atoms with Crippen LogP contribution in [0.5, 0.6) is 0 Å². The van der Waals surface area contributed by atoms with Gasteiger partial charge in [0.1, 0.15) is 18.7 Å². The highest BCUT2D eigenvalue weighted by molar-refractivity contribution is 5.87. The third kappa shape index (κ3) is 5.09. The van der Waals surface area contributed by atoms with Crippen LogP contribution < -0.4 is 10.6 Å². The number of nitrogens with one attached hydrogen (secondary N) is 2. The molecule has 2 heterocycles. The molecule has 1 aromatic heterocycles. The van der Waals surface area contributed by atoms with E-state index in [1.807, 2.05) is 53.8 Å². The molecule has 1 unspecified atom stereocenters. The average molecular weight is 384 g/mol. The van der Waals surface area contributed by atoms with Crippen molar-refractivity contribution in [2.24, 2.45) is 5.92 Å². The second kappa shape index (κ2) is 9.34. The summed E-state index contributed by atoms with van der Waals surface area (Å²) in [4.78, 5) is 31.1. The van der Waals surface area contributed by atoms with Gasteiger partial charge in [-0.3, -0.25) is 4.79 Å². The Labute approximate surface area is 165 Å². The first kappa shape index (κ1) is 19.9. The van der Waals surface area contributed by atoms with Gasteiger partial charge >= 0.3 is 6.03 Å². The highest BCUT2D eigenvalue weighted by atomic mass is 16.2. The zero-order valence-corrected chi connectivity index (χ0v) is 16.4.